The molecule has 0 spiro atoms. The van der Waals surface area contributed by atoms with Gasteiger partial charge in [-0.3, -0.25) is 0 Å². The molecule has 0 radical (unpaired) electrons. The summed E-state index contributed by atoms with van der Waals surface area (Å²) in [4.78, 5) is 7.23. The van der Waals surface area contributed by atoms with Gasteiger partial charge in [0.25, 0.3) is 0 Å². The van der Waals surface area contributed by atoms with Crippen molar-refractivity contribution in [2.45, 2.75) is 6.61 Å². The largest absolute Gasteiger partial charge is 0.390 e. The van der Waals surface area contributed by atoms with Crippen LogP contribution in [0.2, 0.25) is 0 Å². The maximum atomic E-state index is 8.93. The zero-order valence-electron chi connectivity index (χ0n) is 7.67. The fourth-order valence-corrected chi connectivity index (χ4v) is 2.05. The van der Waals surface area contributed by atoms with E-state index in [1.807, 2.05) is 18.2 Å². The summed E-state index contributed by atoms with van der Waals surface area (Å²) in [6.07, 6.45) is 1.63. The van der Waals surface area contributed by atoms with Crippen LogP contribution >= 0.6 is 31.9 Å². The predicted octanol–water partition coefficient (Wildman–Crippen LogP) is 3.09. The van der Waals surface area contributed by atoms with Crippen molar-refractivity contribution in [3.63, 3.8) is 0 Å². The van der Waals surface area contributed by atoms with Crippen molar-refractivity contribution in [1.82, 2.24) is 9.97 Å². The number of hydrogen-bond acceptors (Lipinski definition) is 2. The Morgan fingerprint density at radius 3 is 2.80 bits per heavy atom. The van der Waals surface area contributed by atoms with Gasteiger partial charge in [-0.2, -0.15) is 0 Å². The summed E-state index contributed by atoms with van der Waals surface area (Å²) in [5, 5.41) is 8.93. The van der Waals surface area contributed by atoms with Crippen LogP contribution in [0.3, 0.4) is 0 Å². The molecule has 1 aromatic carbocycles. The van der Waals surface area contributed by atoms with E-state index in [1.165, 1.54) is 0 Å². The second kappa shape index (κ2) is 4.47. The molecule has 15 heavy (non-hydrogen) atoms. The summed E-state index contributed by atoms with van der Waals surface area (Å²) in [7, 11) is 0. The lowest BCUT2D eigenvalue weighted by Crippen LogP contribution is -1.85. The van der Waals surface area contributed by atoms with E-state index in [1.54, 1.807) is 6.20 Å². The Balaban J connectivity index is 2.48. The van der Waals surface area contributed by atoms with E-state index in [0.29, 0.717) is 5.69 Å². The lowest BCUT2D eigenvalue weighted by Gasteiger charge is -2.01. The zero-order chi connectivity index (χ0) is 10.8. The van der Waals surface area contributed by atoms with E-state index in [9.17, 15) is 0 Å². The Hall–Kier alpha value is -0.650. The number of aromatic nitrogens is 2. The summed E-state index contributed by atoms with van der Waals surface area (Å²) in [5.74, 6) is 0.743. The van der Waals surface area contributed by atoms with Gasteiger partial charge in [0.1, 0.15) is 5.82 Å². The lowest BCUT2D eigenvalue weighted by atomic mass is 10.2. The van der Waals surface area contributed by atoms with Gasteiger partial charge in [-0.25, -0.2) is 4.98 Å². The monoisotopic (exact) mass is 330 g/mol. The number of benzene rings is 1. The van der Waals surface area contributed by atoms with Crippen LogP contribution in [0.25, 0.3) is 11.4 Å². The molecule has 0 saturated heterocycles. The zero-order valence-corrected chi connectivity index (χ0v) is 10.8. The molecule has 1 heterocycles. The first kappa shape index (κ1) is 10.9. The Morgan fingerprint density at radius 2 is 2.13 bits per heavy atom. The number of halogens is 2. The topological polar surface area (TPSA) is 48.9 Å². The molecule has 78 valence electrons. The molecule has 2 aromatic rings. The molecule has 3 nitrogen and oxygen atoms in total. The van der Waals surface area contributed by atoms with Gasteiger partial charge < -0.3 is 10.1 Å². The summed E-state index contributed by atoms with van der Waals surface area (Å²) in [6.45, 7) is -0.0291. The molecular weight excluding hydrogens is 324 g/mol. The fourth-order valence-electron chi connectivity index (χ4n) is 1.26. The molecular formula is C10H8Br2N2O. The third-order valence-electron chi connectivity index (χ3n) is 1.98. The van der Waals surface area contributed by atoms with Crippen LogP contribution in [0.15, 0.2) is 33.3 Å². The number of nitrogens with one attached hydrogen (secondary N) is 1. The molecule has 5 heteroatoms. The Morgan fingerprint density at radius 1 is 1.33 bits per heavy atom. The third kappa shape index (κ3) is 2.30. The second-order valence-corrected chi connectivity index (χ2v) is 4.81. The highest BCUT2D eigenvalue weighted by molar-refractivity contribution is 9.11. The first-order valence-electron chi connectivity index (χ1n) is 4.31. The number of aliphatic hydroxyl groups excluding tert-OH is 1. The normalized spacial score (nSPS) is 10.6. The maximum absolute atomic E-state index is 8.93. The molecule has 0 fully saturated rings. The van der Waals surface area contributed by atoms with Gasteiger partial charge in [0.2, 0.25) is 0 Å². The number of hydrogen-bond donors (Lipinski definition) is 2. The van der Waals surface area contributed by atoms with Crippen molar-refractivity contribution in [2.75, 3.05) is 0 Å². The average Bonchev–Trinajstić information content (AvgIpc) is 2.70. The van der Waals surface area contributed by atoms with Crippen molar-refractivity contribution in [3.05, 3.63) is 39.0 Å². The molecule has 0 saturated carbocycles. The average molecular weight is 332 g/mol. The van der Waals surface area contributed by atoms with Crippen LogP contribution in [-0.2, 0) is 6.61 Å². The number of nitrogens with zero attached hydrogens (tertiary/aromatic N) is 1. The van der Waals surface area contributed by atoms with Crippen molar-refractivity contribution in [3.8, 4) is 11.4 Å². The Kier molecular flexibility index (Phi) is 3.23. The molecule has 2 rings (SSSR count). The van der Waals surface area contributed by atoms with E-state index < -0.39 is 0 Å². The molecule has 0 amide bonds. The van der Waals surface area contributed by atoms with Crippen LogP contribution < -0.4 is 0 Å². The predicted molar refractivity (Wildman–Crippen MR) is 65.3 cm³/mol. The summed E-state index contributed by atoms with van der Waals surface area (Å²) >= 11 is 6.86. The van der Waals surface area contributed by atoms with Crippen molar-refractivity contribution < 1.29 is 5.11 Å². The van der Waals surface area contributed by atoms with Crippen LogP contribution in [0.5, 0.6) is 0 Å². The van der Waals surface area contributed by atoms with Crippen molar-refractivity contribution in [1.29, 1.82) is 0 Å². The smallest absolute Gasteiger partial charge is 0.138 e. The van der Waals surface area contributed by atoms with Crippen molar-refractivity contribution >= 4 is 31.9 Å². The van der Waals surface area contributed by atoms with Crippen LogP contribution in [0, 0.1) is 0 Å². The third-order valence-corrected chi connectivity index (χ3v) is 3.17. The first-order valence-corrected chi connectivity index (χ1v) is 5.89. The Labute approximate surface area is 104 Å². The highest BCUT2D eigenvalue weighted by Crippen LogP contribution is 2.28. The number of aliphatic hydroxyl groups is 1. The van der Waals surface area contributed by atoms with Crippen LogP contribution in [0.1, 0.15) is 5.69 Å². The quantitative estimate of drug-likeness (QED) is 0.888. The van der Waals surface area contributed by atoms with Crippen LogP contribution in [0.4, 0.5) is 0 Å². The molecule has 0 atom stereocenters. The minimum Gasteiger partial charge on any atom is -0.390 e. The van der Waals surface area contributed by atoms with Gasteiger partial charge in [0, 0.05) is 14.5 Å². The molecule has 0 bridgehead atoms. The first-order chi connectivity index (χ1) is 7.20. The highest BCUT2D eigenvalue weighted by atomic mass is 79.9. The van der Waals surface area contributed by atoms with Crippen molar-refractivity contribution in [2.24, 2.45) is 0 Å². The van der Waals surface area contributed by atoms with Crippen LogP contribution in [-0.4, -0.2) is 15.1 Å². The van der Waals surface area contributed by atoms with E-state index in [0.717, 1.165) is 20.3 Å². The molecule has 2 N–H and O–H groups in total. The standard InChI is InChI=1S/C10H8Br2N2O/c11-6-1-2-9(12)8(3-6)10-13-4-7(5-15)14-10/h1-4,15H,5H2,(H,13,14). The molecule has 0 aliphatic rings. The summed E-state index contributed by atoms with van der Waals surface area (Å²) in [5.41, 5.74) is 1.67. The molecule has 0 aliphatic carbocycles. The minimum absolute atomic E-state index is 0.0291. The molecule has 0 unspecified atom stereocenters. The number of H-pyrrole nitrogens is 1. The molecule has 1 aromatic heterocycles. The SMILES string of the molecule is OCc1cnc(-c2cc(Br)ccc2Br)[nH]1. The van der Waals surface area contributed by atoms with E-state index in [4.69, 9.17) is 5.11 Å². The second-order valence-electron chi connectivity index (χ2n) is 3.04. The number of imidazole rings is 1. The van der Waals surface area contributed by atoms with E-state index in [-0.39, 0.29) is 6.61 Å². The Bertz CT molecular complexity index is 482. The van der Waals surface area contributed by atoms with Gasteiger partial charge in [0.15, 0.2) is 0 Å². The number of aromatic amines is 1. The minimum atomic E-state index is -0.0291. The van der Waals surface area contributed by atoms with E-state index >= 15 is 0 Å². The maximum Gasteiger partial charge on any atom is 0.138 e. The lowest BCUT2D eigenvalue weighted by molar-refractivity contribution is 0.277. The van der Waals surface area contributed by atoms with Gasteiger partial charge in [0.05, 0.1) is 18.5 Å². The van der Waals surface area contributed by atoms with E-state index in [2.05, 4.69) is 41.8 Å². The highest BCUT2D eigenvalue weighted by Gasteiger charge is 2.07. The van der Waals surface area contributed by atoms with Gasteiger partial charge in [-0.1, -0.05) is 31.9 Å². The number of rotatable bonds is 2. The fraction of sp³-hybridized carbons (Fsp3) is 0.100. The molecule has 0 aliphatic heterocycles. The summed E-state index contributed by atoms with van der Waals surface area (Å²) in [6, 6.07) is 5.86. The summed E-state index contributed by atoms with van der Waals surface area (Å²) < 4.78 is 1.95. The van der Waals surface area contributed by atoms with Gasteiger partial charge in [-0.15, -0.1) is 0 Å². The van der Waals surface area contributed by atoms with Gasteiger partial charge >= 0.3 is 0 Å². The van der Waals surface area contributed by atoms with Gasteiger partial charge in [-0.05, 0) is 18.2 Å².